The number of sulfonamides is 1. The number of benzene rings is 3. The third-order valence-corrected chi connectivity index (χ3v) is 8.59. The number of methoxy groups -OCH3 is 1. The minimum atomic E-state index is -5.08. The molecule has 3 atom stereocenters. The fourth-order valence-corrected chi connectivity index (χ4v) is 6.10. The van der Waals surface area contributed by atoms with Crippen molar-refractivity contribution in [2.24, 2.45) is 5.73 Å². The molecule has 1 fully saturated rings. The summed E-state index contributed by atoms with van der Waals surface area (Å²) in [5.74, 6) is -3.98. The monoisotopic (exact) mass is 692 g/mol. The quantitative estimate of drug-likeness (QED) is 0.123. The maximum Gasteiger partial charge on any atom is 0.490 e. The van der Waals surface area contributed by atoms with Gasteiger partial charge in [-0.1, -0.05) is 66.7 Å². The van der Waals surface area contributed by atoms with Gasteiger partial charge < -0.3 is 15.6 Å². The van der Waals surface area contributed by atoms with Gasteiger partial charge in [0.2, 0.25) is 10.0 Å². The van der Waals surface area contributed by atoms with Crippen molar-refractivity contribution in [3.8, 4) is 0 Å². The van der Waals surface area contributed by atoms with Gasteiger partial charge in [0.1, 0.15) is 17.7 Å². The Balaban J connectivity index is 0.000000804. The van der Waals surface area contributed by atoms with Crippen LogP contribution in [0.4, 0.5) is 13.2 Å². The van der Waals surface area contributed by atoms with Gasteiger partial charge in [-0.05, 0) is 42.2 Å². The Morgan fingerprint density at radius 3 is 2.25 bits per heavy atom. The first-order chi connectivity index (χ1) is 22.5. The number of carbonyl (C=O) groups excluding carboxylic acids is 2. The van der Waals surface area contributed by atoms with Gasteiger partial charge in [0.25, 0.3) is 0 Å². The molecular formula is C32H35F3N4O8S. The Morgan fingerprint density at radius 1 is 1.08 bits per heavy atom. The number of carboxylic acid groups (broad SMARTS) is 1. The molecule has 16 heteroatoms. The third kappa shape index (κ3) is 11.0. The topological polar surface area (TPSA) is 189 Å². The molecule has 0 amide bonds. The van der Waals surface area contributed by atoms with E-state index in [1.807, 2.05) is 47.5 Å². The summed E-state index contributed by atoms with van der Waals surface area (Å²) in [4.78, 5) is 40.7. The first-order valence-electron chi connectivity index (χ1n) is 14.4. The number of aliphatic carboxylic acids is 1. The summed E-state index contributed by atoms with van der Waals surface area (Å²) in [5, 5.41) is 16.6. The third-order valence-electron chi connectivity index (χ3n) is 7.12. The molecule has 12 nitrogen and oxygen atoms in total. The number of alkyl halides is 3. The minimum absolute atomic E-state index is 0.00633. The van der Waals surface area contributed by atoms with Crippen molar-refractivity contribution in [1.29, 1.82) is 5.41 Å². The molecule has 1 heterocycles. The summed E-state index contributed by atoms with van der Waals surface area (Å²) in [5.41, 5.74) is 8.93. The number of halogens is 3. The first-order valence-corrected chi connectivity index (χ1v) is 15.9. The highest BCUT2D eigenvalue weighted by Crippen LogP contribution is 2.37. The molecule has 0 saturated carbocycles. The SMILES string of the molecule is COC(=O)[C@H](CC(=O)C[C@H]1C[C@@H](c2ccc(C(=N)N)cc2)N(Cc2ccccc2)O1)NS(=O)(=O)c1cccc(C)c1.O=C(O)C(F)(F)F. The van der Waals surface area contributed by atoms with Crippen LogP contribution in [-0.4, -0.2) is 67.6 Å². The van der Waals surface area contributed by atoms with E-state index >= 15 is 0 Å². The smallest absolute Gasteiger partial charge is 0.475 e. The lowest BCUT2D eigenvalue weighted by Crippen LogP contribution is -2.43. The molecule has 0 unspecified atom stereocenters. The number of hydroxylamine groups is 2. The zero-order valence-electron chi connectivity index (χ0n) is 25.9. The predicted molar refractivity (Wildman–Crippen MR) is 167 cm³/mol. The lowest BCUT2D eigenvalue weighted by molar-refractivity contribution is -0.192. The number of nitrogens with zero attached hydrogens (tertiary/aromatic N) is 1. The van der Waals surface area contributed by atoms with E-state index in [1.165, 1.54) is 12.1 Å². The second kappa shape index (κ2) is 16.5. The molecule has 3 aromatic rings. The Labute approximate surface area is 275 Å². The summed E-state index contributed by atoms with van der Waals surface area (Å²) in [6, 6.07) is 21.8. The summed E-state index contributed by atoms with van der Waals surface area (Å²) in [6.07, 6.45) is -5.48. The Hall–Kier alpha value is -4.64. The highest BCUT2D eigenvalue weighted by atomic mass is 32.2. The number of amidine groups is 1. The summed E-state index contributed by atoms with van der Waals surface area (Å²) in [6.45, 7) is 2.24. The second-order valence-electron chi connectivity index (χ2n) is 10.8. The van der Waals surface area contributed by atoms with E-state index in [2.05, 4.69) is 4.72 Å². The van der Waals surface area contributed by atoms with Crippen LogP contribution < -0.4 is 10.5 Å². The van der Waals surface area contributed by atoms with Crippen molar-refractivity contribution in [3.63, 3.8) is 0 Å². The first kappa shape index (κ1) is 37.8. The highest BCUT2D eigenvalue weighted by molar-refractivity contribution is 7.89. The Morgan fingerprint density at radius 2 is 1.71 bits per heavy atom. The van der Waals surface area contributed by atoms with Crippen LogP contribution in [0.2, 0.25) is 0 Å². The molecule has 1 saturated heterocycles. The van der Waals surface area contributed by atoms with E-state index in [0.717, 1.165) is 23.8 Å². The molecule has 258 valence electrons. The number of nitrogen functional groups attached to an aromatic ring is 1. The van der Waals surface area contributed by atoms with Crippen molar-refractivity contribution in [2.45, 2.75) is 62.0 Å². The van der Waals surface area contributed by atoms with Crippen molar-refractivity contribution in [1.82, 2.24) is 9.79 Å². The van der Waals surface area contributed by atoms with Gasteiger partial charge in [0.15, 0.2) is 0 Å². The van der Waals surface area contributed by atoms with Gasteiger partial charge in [-0.25, -0.2) is 13.2 Å². The summed E-state index contributed by atoms with van der Waals surface area (Å²) >= 11 is 0. The zero-order chi connectivity index (χ0) is 35.6. The number of Topliss-reactive ketones (excluding diaryl/α,β-unsaturated/α-hetero) is 1. The predicted octanol–water partition coefficient (Wildman–Crippen LogP) is 4.03. The van der Waals surface area contributed by atoms with Crippen molar-refractivity contribution < 1.29 is 50.7 Å². The van der Waals surface area contributed by atoms with Gasteiger partial charge in [-0.3, -0.25) is 19.8 Å². The van der Waals surface area contributed by atoms with Crippen molar-refractivity contribution >= 4 is 33.6 Å². The number of rotatable bonds is 12. The number of nitrogens with one attached hydrogen (secondary N) is 2. The van der Waals surface area contributed by atoms with E-state index in [4.69, 9.17) is 30.6 Å². The van der Waals surface area contributed by atoms with Crippen molar-refractivity contribution in [3.05, 3.63) is 101 Å². The number of esters is 1. The number of nitrogens with two attached hydrogens (primary N) is 1. The van der Waals surface area contributed by atoms with Crippen LogP contribution in [0.3, 0.4) is 0 Å². The highest BCUT2D eigenvalue weighted by Gasteiger charge is 2.38. The molecule has 1 aliphatic heterocycles. The van der Waals surface area contributed by atoms with Crippen LogP contribution in [-0.2, 0) is 40.5 Å². The van der Waals surface area contributed by atoms with Gasteiger partial charge in [-0.15, -0.1) is 0 Å². The standard InChI is InChI=1S/C30H34N4O6S.C2HF3O2/c1-20-7-6-10-26(15-20)41(37,38)33-27(30(36)39-2)17-24(35)16-25-18-28(22-11-13-23(14-12-22)29(31)32)34(40-25)19-21-8-4-3-5-9-21;3-2(4,5)1(6)7/h3-15,25,27-28,33H,16-19H2,1-2H3,(H3,31,32);(H,6,7)/t25-,27-,28-;/m0./s1. The largest absolute Gasteiger partial charge is 0.490 e. The molecule has 5 N–H and O–H groups in total. The lowest BCUT2D eigenvalue weighted by atomic mass is 9.96. The number of aryl methyl sites for hydroxylation is 1. The van der Waals surface area contributed by atoms with E-state index < -0.39 is 40.3 Å². The number of hydrogen-bond donors (Lipinski definition) is 4. The number of carboxylic acids is 1. The molecule has 0 spiro atoms. The van der Waals surface area contributed by atoms with Crippen LogP contribution in [0.5, 0.6) is 0 Å². The van der Waals surface area contributed by atoms with Gasteiger partial charge >= 0.3 is 18.1 Å². The normalized spacial score (nSPS) is 17.1. The average Bonchev–Trinajstić information content (AvgIpc) is 3.42. The summed E-state index contributed by atoms with van der Waals surface area (Å²) < 4.78 is 64.7. The van der Waals surface area contributed by atoms with Gasteiger partial charge in [0.05, 0.1) is 24.2 Å². The maximum atomic E-state index is 13.2. The molecular weight excluding hydrogens is 657 g/mol. The number of hydrogen-bond acceptors (Lipinski definition) is 9. The van der Waals surface area contributed by atoms with Gasteiger partial charge in [0, 0.05) is 24.9 Å². The average molecular weight is 693 g/mol. The molecule has 0 radical (unpaired) electrons. The van der Waals surface area contributed by atoms with Crippen LogP contribution in [0.25, 0.3) is 0 Å². The summed E-state index contributed by atoms with van der Waals surface area (Å²) in [7, 11) is -2.93. The molecule has 48 heavy (non-hydrogen) atoms. The van der Waals surface area contributed by atoms with E-state index in [9.17, 15) is 31.2 Å². The van der Waals surface area contributed by atoms with E-state index in [1.54, 1.807) is 31.2 Å². The fourth-order valence-electron chi connectivity index (χ4n) is 4.81. The molecule has 3 aromatic carbocycles. The minimum Gasteiger partial charge on any atom is -0.475 e. The van der Waals surface area contributed by atoms with Crippen LogP contribution in [0, 0.1) is 12.3 Å². The Bertz CT molecular complexity index is 1700. The van der Waals surface area contributed by atoms with E-state index in [0.29, 0.717) is 18.5 Å². The number of ether oxygens (including phenoxy) is 1. The zero-order valence-corrected chi connectivity index (χ0v) is 26.8. The number of carbonyl (C=O) groups is 3. The van der Waals surface area contributed by atoms with Crippen LogP contribution in [0.15, 0.2) is 83.8 Å². The van der Waals surface area contributed by atoms with Crippen LogP contribution in [0.1, 0.15) is 47.6 Å². The fraction of sp³-hybridized carbons (Fsp3) is 0.312. The molecule has 0 aliphatic carbocycles. The maximum absolute atomic E-state index is 13.2. The van der Waals surface area contributed by atoms with Crippen molar-refractivity contribution in [2.75, 3.05) is 7.11 Å². The number of ketones is 1. The lowest BCUT2D eigenvalue weighted by Gasteiger charge is -2.23. The molecule has 1 aliphatic rings. The Kier molecular flexibility index (Phi) is 13.0. The van der Waals surface area contributed by atoms with Crippen LogP contribution >= 0.6 is 0 Å². The molecule has 4 rings (SSSR count). The molecule has 0 aromatic heterocycles. The second-order valence-corrected chi connectivity index (χ2v) is 12.6. The van der Waals surface area contributed by atoms with Gasteiger partial charge in [-0.2, -0.15) is 23.0 Å². The van der Waals surface area contributed by atoms with E-state index in [-0.39, 0.29) is 35.4 Å². The molecule has 0 bridgehead atoms.